The lowest BCUT2D eigenvalue weighted by Gasteiger charge is -2.13. The zero-order valence-corrected chi connectivity index (χ0v) is 20.9. The second-order valence-corrected chi connectivity index (χ2v) is 9.42. The van der Waals surface area contributed by atoms with Gasteiger partial charge >= 0.3 is 5.97 Å². The van der Waals surface area contributed by atoms with Gasteiger partial charge in [0.15, 0.2) is 0 Å². The van der Waals surface area contributed by atoms with Crippen molar-refractivity contribution in [3.63, 3.8) is 0 Å². The van der Waals surface area contributed by atoms with Gasteiger partial charge in [-0.05, 0) is 71.4 Å². The molecule has 0 bridgehead atoms. The molecular weight excluding hydrogens is 542 g/mol. The van der Waals surface area contributed by atoms with E-state index >= 15 is 0 Å². The third kappa shape index (κ3) is 5.35. The molecule has 0 saturated carbocycles. The summed E-state index contributed by atoms with van der Waals surface area (Å²) in [6, 6.07) is 18.7. The van der Waals surface area contributed by atoms with Gasteiger partial charge in [0, 0.05) is 4.47 Å². The first-order valence-electron chi connectivity index (χ1n) is 10.0. The summed E-state index contributed by atoms with van der Waals surface area (Å²) in [5.41, 5.74) is 1.78. The molecule has 1 fully saturated rings. The quantitative estimate of drug-likeness (QED) is 0.194. The third-order valence-electron chi connectivity index (χ3n) is 4.94. The summed E-state index contributed by atoms with van der Waals surface area (Å²) in [7, 11) is 1.54. The Hall–Kier alpha value is -3.07. The minimum atomic E-state index is -0.564. The fraction of sp³-hybridized carbons (Fsp3) is 0.0800. The number of benzene rings is 3. The van der Waals surface area contributed by atoms with Crippen LogP contribution >= 0.6 is 39.3 Å². The highest BCUT2D eigenvalue weighted by Gasteiger charge is 2.35. The largest absolute Gasteiger partial charge is 0.497 e. The SMILES string of the molecule is COc1ccc(C(=O)Oc2ccc(/C=C3\SC(=O)N(Cc4ccccc4Br)C3=O)cc2Cl)cc1. The van der Waals surface area contributed by atoms with E-state index in [0.717, 1.165) is 21.8 Å². The summed E-state index contributed by atoms with van der Waals surface area (Å²) < 4.78 is 11.3. The fourth-order valence-corrected chi connectivity index (χ4v) is 4.64. The molecule has 0 radical (unpaired) electrons. The van der Waals surface area contributed by atoms with Crippen LogP contribution in [0.1, 0.15) is 21.5 Å². The first-order chi connectivity index (χ1) is 16.4. The van der Waals surface area contributed by atoms with E-state index in [9.17, 15) is 14.4 Å². The van der Waals surface area contributed by atoms with Crippen molar-refractivity contribution in [3.05, 3.63) is 97.8 Å². The fourth-order valence-electron chi connectivity index (χ4n) is 3.16. The van der Waals surface area contributed by atoms with E-state index in [1.54, 1.807) is 48.5 Å². The van der Waals surface area contributed by atoms with Crippen molar-refractivity contribution in [1.82, 2.24) is 4.90 Å². The maximum Gasteiger partial charge on any atom is 0.343 e. The molecule has 0 spiro atoms. The Bertz CT molecular complexity index is 1310. The molecule has 1 saturated heterocycles. The van der Waals surface area contributed by atoms with Crippen LogP contribution in [-0.2, 0) is 11.3 Å². The number of hydrogen-bond donors (Lipinski definition) is 0. The van der Waals surface area contributed by atoms with Gasteiger partial charge in [-0.15, -0.1) is 0 Å². The van der Waals surface area contributed by atoms with E-state index in [2.05, 4.69) is 15.9 Å². The van der Waals surface area contributed by atoms with Gasteiger partial charge in [0.1, 0.15) is 11.5 Å². The molecule has 0 aromatic heterocycles. The molecule has 1 aliphatic rings. The second-order valence-electron chi connectivity index (χ2n) is 7.17. The van der Waals surface area contributed by atoms with Gasteiger partial charge in [-0.25, -0.2) is 4.79 Å². The van der Waals surface area contributed by atoms with Crippen LogP contribution < -0.4 is 9.47 Å². The average Bonchev–Trinajstić information content (AvgIpc) is 3.09. The number of thioether (sulfide) groups is 1. The predicted octanol–water partition coefficient (Wildman–Crippen LogP) is 6.57. The Kier molecular flexibility index (Phi) is 7.41. The lowest BCUT2D eigenvalue weighted by molar-refractivity contribution is -0.123. The summed E-state index contributed by atoms with van der Waals surface area (Å²) in [5, 5.41) is -0.147. The first-order valence-corrected chi connectivity index (χ1v) is 12.0. The number of methoxy groups -OCH3 is 1. The number of hydrogen-bond acceptors (Lipinski definition) is 6. The molecular formula is C25H17BrClNO5S. The topological polar surface area (TPSA) is 72.9 Å². The smallest absolute Gasteiger partial charge is 0.343 e. The lowest BCUT2D eigenvalue weighted by atomic mass is 10.2. The van der Waals surface area contributed by atoms with Crippen LogP contribution in [-0.4, -0.2) is 29.1 Å². The van der Waals surface area contributed by atoms with Gasteiger partial charge in [0.2, 0.25) is 0 Å². The van der Waals surface area contributed by atoms with Gasteiger partial charge in [0.05, 0.1) is 29.1 Å². The summed E-state index contributed by atoms with van der Waals surface area (Å²) in [6.45, 7) is 0.171. The molecule has 172 valence electrons. The van der Waals surface area contributed by atoms with E-state index < -0.39 is 5.97 Å². The predicted molar refractivity (Wildman–Crippen MR) is 135 cm³/mol. The number of carbonyl (C=O) groups excluding carboxylic acids is 3. The third-order valence-corrected chi connectivity index (χ3v) is 6.92. The van der Waals surface area contributed by atoms with E-state index in [4.69, 9.17) is 21.1 Å². The number of amides is 2. The van der Waals surface area contributed by atoms with Gasteiger partial charge in [-0.1, -0.05) is 51.8 Å². The number of rotatable bonds is 6. The molecule has 6 nitrogen and oxygen atoms in total. The van der Waals surface area contributed by atoms with Gasteiger partial charge in [-0.3, -0.25) is 14.5 Å². The van der Waals surface area contributed by atoms with Crippen LogP contribution in [0.25, 0.3) is 6.08 Å². The molecule has 9 heteroatoms. The van der Waals surface area contributed by atoms with Crippen molar-refractivity contribution in [2.75, 3.05) is 7.11 Å². The molecule has 0 atom stereocenters. The highest BCUT2D eigenvalue weighted by molar-refractivity contribution is 9.10. The molecule has 3 aromatic carbocycles. The first kappa shape index (κ1) is 24.1. The van der Waals surface area contributed by atoms with Crippen LogP contribution in [0.2, 0.25) is 5.02 Å². The summed E-state index contributed by atoms with van der Waals surface area (Å²) >= 11 is 10.6. The van der Waals surface area contributed by atoms with Crippen molar-refractivity contribution in [2.24, 2.45) is 0 Å². The summed E-state index contributed by atoms with van der Waals surface area (Å²) in [6.07, 6.45) is 1.59. The molecule has 0 aliphatic carbocycles. The van der Waals surface area contributed by atoms with Gasteiger partial charge in [0.25, 0.3) is 11.1 Å². The molecule has 3 aromatic rings. The van der Waals surface area contributed by atoms with E-state index in [-0.39, 0.29) is 33.4 Å². The van der Waals surface area contributed by atoms with Crippen molar-refractivity contribution >= 4 is 62.5 Å². The molecule has 34 heavy (non-hydrogen) atoms. The number of halogens is 2. The average molecular weight is 559 g/mol. The Labute approximate surface area is 213 Å². The van der Waals surface area contributed by atoms with Crippen LogP contribution in [0.3, 0.4) is 0 Å². The highest BCUT2D eigenvalue weighted by Crippen LogP contribution is 2.35. The van der Waals surface area contributed by atoms with E-state index in [1.165, 1.54) is 12.0 Å². The summed E-state index contributed by atoms with van der Waals surface area (Å²) in [4.78, 5) is 39.1. The van der Waals surface area contributed by atoms with Crippen molar-refractivity contribution in [1.29, 1.82) is 0 Å². The van der Waals surface area contributed by atoms with Gasteiger partial charge in [-0.2, -0.15) is 0 Å². The van der Waals surface area contributed by atoms with E-state index in [1.807, 2.05) is 24.3 Å². The Morgan fingerprint density at radius 1 is 1.09 bits per heavy atom. The zero-order valence-electron chi connectivity index (χ0n) is 17.8. The Morgan fingerprint density at radius 3 is 2.50 bits per heavy atom. The minimum Gasteiger partial charge on any atom is -0.497 e. The number of carbonyl (C=O) groups is 3. The monoisotopic (exact) mass is 557 g/mol. The number of ether oxygens (including phenoxy) is 2. The molecule has 0 N–H and O–H groups in total. The van der Waals surface area contributed by atoms with Crippen molar-refractivity contribution < 1.29 is 23.9 Å². The standard InChI is InChI=1S/C25H17BrClNO5S/c1-32-18-9-7-16(8-10-18)24(30)33-21-11-6-15(12-20(21)27)13-22-23(29)28(25(31)34-22)14-17-4-2-3-5-19(17)26/h2-13H,14H2,1H3/b22-13-. The van der Waals surface area contributed by atoms with Crippen LogP contribution in [0.4, 0.5) is 4.79 Å². The normalized spacial score (nSPS) is 14.6. The number of esters is 1. The lowest BCUT2D eigenvalue weighted by Crippen LogP contribution is -2.27. The molecule has 2 amide bonds. The molecule has 1 heterocycles. The van der Waals surface area contributed by atoms with Crippen molar-refractivity contribution in [3.8, 4) is 11.5 Å². The maximum absolute atomic E-state index is 12.8. The molecule has 4 rings (SSSR count). The number of nitrogens with zero attached hydrogens (tertiary/aromatic N) is 1. The Morgan fingerprint density at radius 2 is 1.82 bits per heavy atom. The molecule has 0 unspecified atom stereocenters. The van der Waals surface area contributed by atoms with Crippen LogP contribution in [0, 0.1) is 0 Å². The zero-order chi connectivity index (χ0) is 24.2. The van der Waals surface area contributed by atoms with Crippen LogP contribution in [0.15, 0.2) is 76.1 Å². The summed E-state index contributed by atoms with van der Waals surface area (Å²) in [5.74, 6) is -0.135. The van der Waals surface area contributed by atoms with Gasteiger partial charge < -0.3 is 9.47 Å². The van der Waals surface area contributed by atoms with E-state index in [0.29, 0.717) is 16.9 Å². The maximum atomic E-state index is 12.8. The highest BCUT2D eigenvalue weighted by atomic mass is 79.9. The van der Waals surface area contributed by atoms with Crippen LogP contribution in [0.5, 0.6) is 11.5 Å². The van der Waals surface area contributed by atoms with Crippen molar-refractivity contribution in [2.45, 2.75) is 6.54 Å². The Balaban J connectivity index is 1.47. The second kappa shape index (κ2) is 10.5. The number of imide groups is 1. The minimum absolute atomic E-state index is 0.171. The molecule has 1 aliphatic heterocycles.